The summed E-state index contributed by atoms with van der Waals surface area (Å²) >= 11 is 0. The van der Waals surface area contributed by atoms with E-state index in [1.807, 2.05) is 46.0 Å². The fourth-order valence-electron chi connectivity index (χ4n) is 2.37. The third-order valence-corrected chi connectivity index (χ3v) is 3.75. The topological polar surface area (TPSA) is 92.7 Å². The zero-order valence-corrected chi connectivity index (χ0v) is 17.1. The molecule has 0 aliphatic rings. The van der Waals surface area contributed by atoms with E-state index in [4.69, 9.17) is 10.1 Å². The molecule has 0 spiro atoms. The van der Waals surface area contributed by atoms with Gasteiger partial charge in [-0.15, -0.1) is 0 Å². The van der Waals surface area contributed by atoms with E-state index in [2.05, 4.69) is 27.4 Å². The van der Waals surface area contributed by atoms with E-state index in [0.717, 1.165) is 18.8 Å². The molecule has 0 saturated carbocycles. The number of amides is 1. The number of benzene rings is 1. The van der Waals surface area contributed by atoms with E-state index in [0.29, 0.717) is 17.1 Å². The third kappa shape index (κ3) is 7.18. The lowest BCUT2D eigenvalue weighted by Crippen LogP contribution is -2.35. The molecule has 1 aromatic carbocycles. The van der Waals surface area contributed by atoms with Gasteiger partial charge in [-0.25, -0.2) is 0 Å². The Balaban J connectivity index is 3.25. The summed E-state index contributed by atoms with van der Waals surface area (Å²) in [5, 5.41) is 16.8. The number of nitrogens with one attached hydrogen (secondary N) is 4. The maximum Gasteiger partial charge on any atom is 0.247 e. The average molecular weight is 377 g/mol. The first-order chi connectivity index (χ1) is 12.7. The average Bonchev–Trinajstić information content (AvgIpc) is 2.58. The molecule has 0 aliphatic carbocycles. The summed E-state index contributed by atoms with van der Waals surface area (Å²) in [6.45, 7) is 9.04. The van der Waals surface area contributed by atoms with E-state index < -0.39 is 0 Å². The number of carbonyl (C=O) groups is 1. The number of ether oxygens (including phenoxy) is 1. The van der Waals surface area contributed by atoms with Gasteiger partial charge in [0.15, 0.2) is 5.96 Å². The fraction of sp³-hybridized carbons (Fsp3) is 0.474. The molecular formula is C19H32N6O2. The van der Waals surface area contributed by atoms with Gasteiger partial charge < -0.3 is 30.5 Å². The van der Waals surface area contributed by atoms with Crippen molar-refractivity contribution in [3.05, 3.63) is 24.8 Å². The zero-order chi connectivity index (χ0) is 20.6. The molecule has 27 heavy (non-hydrogen) atoms. The Kier molecular flexibility index (Phi) is 8.61. The molecule has 1 aromatic rings. The number of anilines is 3. The SMILES string of the molecule is C=CC(=O)Nc1cc(NC(=N)NC(C)C)c(OC)cc1N(C)CCN(C)C. The summed E-state index contributed by atoms with van der Waals surface area (Å²) in [7, 11) is 7.55. The maximum absolute atomic E-state index is 11.9. The van der Waals surface area contributed by atoms with Crippen molar-refractivity contribution < 1.29 is 9.53 Å². The van der Waals surface area contributed by atoms with Crippen molar-refractivity contribution in [2.45, 2.75) is 19.9 Å². The van der Waals surface area contributed by atoms with Gasteiger partial charge in [0.2, 0.25) is 5.91 Å². The highest BCUT2D eigenvalue weighted by molar-refractivity contribution is 6.03. The molecule has 8 heteroatoms. The minimum Gasteiger partial charge on any atom is -0.494 e. The minimum absolute atomic E-state index is 0.118. The van der Waals surface area contributed by atoms with Crippen molar-refractivity contribution in [3.8, 4) is 5.75 Å². The normalized spacial score (nSPS) is 10.5. The molecule has 0 aliphatic heterocycles. The molecule has 4 N–H and O–H groups in total. The maximum atomic E-state index is 11.9. The van der Waals surface area contributed by atoms with Crippen molar-refractivity contribution in [1.82, 2.24) is 10.2 Å². The van der Waals surface area contributed by atoms with Gasteiger partial charge >= 0.3 is 0 Å². The lowest BCUT2D eigenvalue weighted by Gasteiger charge is -2.26. The van der Waals surface area contributed by atoms with Crippen LogP contribution in [-0.2, 0) is 4.79 Å². The Hall–Kier alpha value is -2.74. The Morgan fingerprint density at radius 2 is 1.89 bits per heavy atom. The van der Waals surface area contributed by atoms with Crippen LogP contribution in [0.3, 0.4) is 0 Å². The van der Waals surface area contributed by atoms with Crippen molar-refractivity contribution in [1.29, 1.82) is 5.41 Å². The second-order valence-electron chi connectivity index (χ2n) is 6.79. The van der Waals surface area contributed by atoms with E-state index in [-0.39, 0.29) is 17.9 Å². The summed E-state index contributed by atoms with van der Waals surface area (Å²) in [5.41, 5.74) is 2.01. The van der Waals surface area contributed by atoms with Gasteiger partial charge in [-0.1, -0.05) is 6.58 Å². The number of nitrogens with zero attached hydrogens (tertiary/aromatic N) is 2. The number of methoxy groups -OCH3 is 1. The van der Waals surface area contributed by atoms with E-state index >= 15 is 0 Å². The summed E-state index contributed by atoms with van der Waals surface area (Å²) in [6, 6.07) is 3.73. The van der Waals surface area contributed by atoms with Crippen LogP contribution in [0.4, 0.5) is 17.1 Å². The summed E-state index contributed by atoms with van der Waals surface area (Å²) < 4.78 is 5.50. The van der Waals surface area contributed by atoms with Gasteiger partial charge in [0.25, 0.3) is 0 Å². The number of hydrogen-bond acceptors (Lipinski definition) is 5. The van der Waals surface area contributed by atoms with Crippen molar-refractivity contribution >= 4 is 28.9 Å². The smallest absolute Gasteiger partial charge is 0.247 e. The molecule has 0 radical (unpaired) electrons. The predicted octanol–water partition coefficient (Wildman–Crippen LogP) is 2.16. The molecule has 0 bridgehead atoms. The monoisotopic (exact) mass is 376 g/mol. The summed E-state index contributed by atoms with van der Waals surface area (Å²) in [6.07, 6.45) is 1.23. The van der Waals surface area contributed by atoms with Gasteiger partial charge in [-0.2, -0.15) is 0 Å². The first-order valence-electron chi connectivity index (χ1n) is 8.81. The minimum atomic E-state index is -0.302. The van der Waals surface area contributed by atoms with Crippen molar-refractivity contribution in [2.24, 2.45) is 0 Å². The van der Waals surface area contributed by atoms with Crippen LogP contribution in [0.1, 0.15) is 13.8 Å². The molecule has 1 rings (SSSR count). The Morgan fingerprint density at radius 3 is 2.41 bits per heavy atom. The fourth-order valence-corrected chi connectivity index (χ4v) is 2.37. The van der Waals surface area contributed by atoms with Crippen molar-refractivity contribution in [3.63, 3.8) is 0 Å². The zero-order valence-electron chi connectivity index (χ0n) is 17.1. The van der Waals surface area contributed by atoms with Crippen LogP contribution in [-0.4, -0.2) is 64.2 Å². The van der Waals surface area contributed by atoms with Crippen LogP contribution in [0.15, 0.2) is 24.8 Å². The highest BCUT2D eigenvalue weighted by Gasteiger charge is 2.16. The van der Waals surface area contributed by atoms with Crippen LogP contribution in [0.5, 0.6) is 5.75 Å². The number of guanidine groups is 1. The summed E-state index contributed by atoms with van der Waals surface area (Å²) in [4.78, 5) is 16.0. The van der Waals surface area contributed by atoms with E-state index in [1.165, 1.54) is 6.08 Å². The largest absolute Gasteiger partial charge is 0.494 e. The Bertz CT molecular complexity index is 672. The molecule has 150 valence electrons. The molecule has 8 nitrogen and oxygen atoms in total. The van der Waals surface area contributed by atoms with Gasteiger partial charge in [-0.05, 0) is 40.1 Å². The van der Waals surface area contributed by atoms with Crippen LogP contribution >= 0.6 is 0 Å². The van der Waals surface area contributed by atoms with E-state index in [9.17, 15) is 4.79 Å². The second kappa shape index (κ2) is 10.4. The molecule has 0 unspecified atom stereocenters. The third-order valence-electron chi connectivity index (χ3n) is 3.75. The Morgan fingerprint density at radius 1 is 1.22 bits per heavy atom. The molecule has 0 heterocycles. The number of likely N-dealkylation sites (N-methyl/N-ethyl adjacent to an activating group) is 2. The van der Waals surface area contributed by atoms with Crippen LogP contribution in [0.2, 0.25) is 0 Å². The van der Waals surface area contributed by atoms with Crippen LogP contribution in [0.25, 0.3) is 0 Å². The molecule has 0 atom stereocenters. The molecule has 1 amide bonds. The van der Waals surface area contributed by atoms with Crippen LogP contribution in [0, 0.1) is 5.41 Å². The predicted molar refractivity (Wildman–Crippen MR) is 113 cm³/mol. The number of carbonyl (C=O) groups excluding carboxylic acids is 1. The quantitative estimate of drug-likeness (QED) is 0.300. The summed E-state index contributed by atoms with van der Waals surface area (Å²) in [5.74, 6) is 0.426. The van der Waals surface area contributed by atoms with Gasteiger partial charge in [-0.3, -0.25) is 10.2 Å². The first kappa shape index (κ1) is 22.3. The molecule has 0 saturated heterocycles. The van der Waals surface area contributed by atoms with E-state index in [1.54, 1.807) is 13.2 Å². The van der Waals surface area contributed by atoms with Crippen molar-refractivity contribution in [2.75, 3.05) is 56.9 Å². The van der Waals surface area contributed by atoms with Gasteiger partial charge in [0, 0.05) is 32.2 Å². The van der Waals surface area contributed by atoms with Gasteiger partial charge in [0.05, 0.1) is 24.2 Å². The molecule has 0 aromatic heterocycles. The number of hydrogen-bond donors (Lipinski definition) is 4. The van der Waals surface area contributed by atoms with Crippen LogP contribution < -0.4 is 25.6 Å². The lowest BCUT2D eigenvalue weighted by molar-refractivity contribution is -0.111. The first-order valence-corrected chi connectivity index (χ1v) is 8.81. The highest BCUT2D eigenvalue weighted by atomic mass is 16.5. The number of rotatable bonds is 9. The second-order valence-corrected chi connectivity index (χ2v) is 6.79. The standard InChI is InChI=1S/C19H32N6O2/c1-8-18(26)22-14-11-15(23-19(20)21-13(2)3)17(27-7)12-16(14)25(6)10-9-24(4)5/h8,11-13H,1,9-10H2,2-7H3,(H,22,26)(H3,20,21,23). The molecule has 0 fully saturated rings. The lowest BCUT2D eigenvalue weighted by atomic mass is 10.2. The Labute approximate surface area is 162 Å². The molecular weight excluding hydrogens is 344 g/mol. The van der Waals surface area contributed by atoms with Gasteiger partial charge in [0.1, 0.15) is 5.75 Å². The highest BCUT2D eigenvalue weighted by Crippen LogP contribution is 2.36.